The summed E-state index contributed by atoms with van der Waals surface area (Å²) >= 11 is 0. The summed E-state index contributed by atoms with van der Waals surface area (Å²) in [6.45, 7) is -0.703. The number of nitro groups is 1. The van der Waals surface area contributed by atoms with Gasteiger partial charge in [0.05, 0.1) is 6.61 Å². The van der Waals surface area contributed by atoms with Crippen LogP contribution in [0.15, 0.2) is 6.33 Å². The Hall–Kier alpha value is -1.51. The van der Waals surface area contributed by atoms with E-state index < -0.39 is 29.6 Å². The first-order valence-corrected chi connectivity index (χ1v) is 3.72. The lowest BCUT2D eigenvalue weighted by atomic mass is 10.1. The van der Waals surface area contributed by atoms with Crippen molar-refractivity contribution in [3.8, 4) is 0 Å². The molecule has 0 aliphatic carbocycles. The molecule has 0 radical (unpaired) electrons. The highest BCUT2D eigenvalue weighted by Gasteiger charge is 2.27. The van der Waals surface area contributed by atoms with Crippen LogP contribution in [0.25, 0.3) is 0 Å². The number of imidazole rings is 1. The second-order valence-corrected chi connectivity index (χ2v) is 2.59. The molecule has 1 heterocycles. The van der Waals surface area contributed by atoms with Crippen LogP contribution in [0.2, 0.25) is 0 Å². The molecule has 0 spiro atoms. The SMILES string of the molecule is O=[N+]([O-])c1[nH]cnc1C(O)C(O)CO. The largest absolute Gasteiger partial charge is 0.394 e. The van der Waals surface area contributed by atoms with Crippen LogP contribution in [0, 0.1) is 10.1 Å². The molecule has 0 bridgehead atoms. The van der Waals surface area contributed by atoms with Crippen LogP contribution in [-0.4, -0.2) is 42.9 Å². The maximum atomic E-state index is 10.4. The van der Waals surface area contributed by atoms with Gasteiger partial charge in [-0.1, -0.05) is 0 Å². The molecule has 14 heavy (non-hydrogen) atoms. The van der Waals surface area contributed by atoms with E-state index in [9.17, 15) is 15.2 Å². The number of nitrogens with one attached hydrogen (secondary N) is 1. The van der Waals surface area contributed by atoms with Crippen LogP contribution in [0.5, 0.6) is 0 Å². The van der Waals surface area contributed by atoms with E-state index in [2.05, 4.69) is 9.97 Å². The molecule has 8 nitrogen and oxygen atoms in total. The molecular weight excluding hydrogens is 194 g/mol. The molecule has 2 atom stereocenters. The van der Waals surface area contributed by atoms with Crippen LogP contribution in [0.4, 0.5) is 5.82 Å². The zero-order valence-corrected chi connectivity index (χ0v) is 6.99. The van der Waals surface area contributed by atoms with Crippen LogP contribution in [0.1, 0.15) is 11.8 Å². The minimum atomic E-state index is -1.58. The monoisotopic (exact) mass is 203 g/mol. The Bertz CT molecular complexity index is 325. The lowest BCUT2D eigenvalue weighted by Crippen LogP contribution is -2.23. The van der Waals surface area contributed by atoms with Gasteiger partial charge in [0, 0.05) is 0 Å². The highest BCUT2D eigenvalue weighted by molar-refractivity contribution is 5.28. The maximum absolute atomic E-state index is 10.4. The maximum Gasteiger partial charge on any atom is 0.346 e. The molecule has 2 unspecified atom stereocenters. The fourth-order valence-corrected chi connectivity index (χ4v) is 0.943. The van der Waals surface area contributed by atoms with Gasteiger partial charge in [-0.25, -0.2) is 9.97 Å². The molecule has 0 amide bonds. The molecule has 78 valence electrons. The second kappa shape index (κ2) is 4.13. The number of aromatic amines is 1. The Morgan fingerprint density at radius 3 is 2.79 bits per heavy atom. The van der Waals surface area contributed by atoms with Gasteiger partial charge in [0.2, 0.25) is 0 Å². The number of aliphatic hydroxyl groups is 3. The second-order valence-electron chi connectivity index (χ2n) is 2.59. The summed E-state index contributed by atoms with van der Waals surface area (Å²) in [4.78, 5) is 15.3. The quantitative estimate of drug-likeness (QED) is 0.355. The zero-order chi connectivity index (χ0) is 10.7. The lowest BCUT2D eigenvalue weighted by Gasteiger charge is -2.12. The first-order chi connectivity index (χ1) is 6.57. The normalized spacial score (nSPS) is 15.1. The van der Waals surface area contributed by atoms with Gasteiger partial charge < -0.3 is 25.4 Å². The van der Waals surface area contributed by atoms with Crippen molar-refractivity contribution in [3.63, 3.8) is 0 Å². The van der Waals surface area contributed by atoms with E-state index in [1.165, 1.54) is 0 Å². The van der Waals surface area contributed by atoms with Gasteiger partial charge in [-0.2, -0.15) is 0 Å². The van der Waals surface area contributed by atoms with E-state index in [-0.39, 0.29) is 5.69 Å². The van der Waals surface area contributed by atoms with Gasteiger partial charge in [-0.15, -0.1) is 0 Å². The van der Waals surface area contributed by atoms with Crippen molar-refractivity contribution >= 4 is 5.82 Å². The van der Waals surface area contributed by atoms with Gasteiger partial charge in [0.15, 0.2) is 12.0 Å². The Kier molecular flexibility index (Phi) is 3.12. The molecule has 0 aliphatic heterocycles. The van der Waals surface area contributed by atoms with Gasteiger partial charge in [-0.3, -0.25) is 0 Å². The molecule has 4 N–H and O–H groups in total. The molecule has 1 aromatic heterocycles. The molecular formula is C6H9N3O5. The van der Waals surface area contributed by atoms with Gasteiger partial charge in [0.25, 0.3) is 0 Å². The van der Waals surface area contributed by atoms with E-state index in [0.717, 1.165) is 6.33 Å². The minimum absolute atomic E-state index is 0.295. The average Bonchev–Trinajstić information content (AvgIpc) is 2.63. The van der Waals surface area contributed by atoms with Crippen molar-refractivity contribution < 1.29 is 20.2 Å². The fourth-order valence-electron chi connectivity index (χ4n) is 0.943. The average molecular weight is 203 g/mol. The summed E-state index contributed by atoms with van der Waals surface area (Å²) in [7, 11) is 0. The van der Waals surface area contributed by atoms with Crippen LogP contribution < -0.4 is 0 Å². The van der Waals surface area contributed by atoms with Crippen molar-refractivity contribution in [3.05, 3.63) is 22.1 Å². The Morgan fingerprint density at radius 2 is 2.29 bits per heavy atom. The number of aromatic nitrogens is 2. The van der Waals surface area contributed by atoms with Crippen molar-refractivity contribution in [2.75, 3.05) is 6.61 Å². The third-order valence-corrected chi connectivity index (χ3v) is 1.66. The number of hydrogen-bond acceptors (Lipinski definition) is 6. The topological polar surface area (TPSA) is 133 Å². The molecule has 0 saturated carbocycles. The van der Waals surface area contributed by atoms with Crippen molar-refractivity contribution in [2.45, 2.75) is 12.2 Å². The van der Waals surface area contributed by atoms with Crippen LogP contribution in [-0.2, 0) is 0 Å². The summed E-state index contributed by atoms with van der Waals surface area (Å²) < 4.78 is 0. The predicted octanol–water partition coefficient (Wildman–Crippen LogP) is -1.30. The molecule has 0 aromatic carbocycles. The van der Waals surface area contributed by atoms with Crippen molar-refractivity contribution in [2.24, 2.45) is 0 Å². The number of nitrogens with zero attached hydrogens (tertiary/aromatic N) is 2. The molecule has 1 aromatic rings. The van der Waals surface area contributed by atoms with E-state index in [0.29, 0.717) is 0 Å². The minimum Gasteiger partial charge on any atom is -0.394 e. The van der Waals surface area contributed by atoms with E-state index in [1.807, 2.05) is 0 Å². The van der Waals surface area contributed by atoms with Gasteiger partial charge in [-0.05, 0) is 4.92 Å². The first-order valence-electron chi connectivity index (χ1n) is 3.72. The Morgan fingerprint density at radius 1 is 1.64 bits per heavy atom. The smallest absolute Gasteiger partial charge is 0.346 e. The Labute approximate surface area is 78.0 Å². The molecule has 1 rings (SSSR count). The first kappa shape index (κ1) is 10.6. The van der Waals surface area contributed by atoms with E-state index in [1.54, 1.807) is 0 Å². The fraction of sp³-hybridized carbons (Fsp3) is 0.500. The summed E-state index contributed by atoms with van der Waals surface area (Å²) in [6.07, 6.45) is -2.04. The standard InChI is InChI=1S/C6H9N3O5/c10-1-3(11)5(12)4-6(9(13)14)8-2-7-4/h2-3,5,10-12H,1H2,(H,7,8). The number of H-pyrrole nitrogens is 1. The summed E-state index contributed by atoms with van der Waals surface area (Å²) in [5, 5.41) is 37.2. The number of hydrogen-bond donors (Lipinski definition) is 4. The molecule has 8 heteroatoms. The molecule has 0 aliphatic rings. The number of rotatable bonds is 4. The predicted molar refractivity (Wildman–Crippen MR) is 43.3 cm³/mol. The van der Waals surface area contributed by atoms with Crippen LogP contribution >= 0.6 is 0 Å². The highest BCUT2D eigenvalue weighted by atomic mass is 16.6. The lowest BCUT2D eigenvalue weighted by molar-refractivity contribution is -0.390. The van der Waals surface area contributed by atoms with Crippen molar-refractivity contribution in [1.29, 1.82) is 0 Å². The van der Waals surface area contributed by atoms with E-state index in [4.69, 9.17) is 10.2 Å². The third kappa shape index (κ3) is 1.87. The van der Waals surface area contributed by atoms with Crippen LogP contribution in [0.3, 0.4) is 0 Å². The molecule has 0 saturated heterocycles. The summed E-state index contributed by atoms with van der Waals surface area (Å²) in [5.41, 5.74) is -0.295. The summed E-state index contributed by atoms with van der Waals surface area (Å²) in [5.74, 6) is -0.495. The Balaban J connectivity index is 2.94. The zero-order valence-electron chi connectivity index (χ0n) is 6.99. The van der Waals surface area contributed by atoms with Gasteiger partial charge in [0.1, 0.15) is 12.2 Å². The molecule has 0 fully saturated rings. The van der Waals surface area contributed by atoms with Gasteiger partial charge >= 0.3 is 5.82 Å². The van der Waals surface area contributed by atoms with E-state index >= 15 is 0 Å². The highest BCUT2D eigenvalue weighted by Crippen LogP contribution is 2.22. The number of aliphatic hydroxyl groups excluding tert-OH is 3. The summed E-state index contributed by atoms with van der Waals surface area (Å²) in [6, 6.07) is 0. The van der Waals surface area contributed by atoms with Crippen molar-refractivity contribution in [1.82, 2.24) is 9.97 Å². The third-order valence-electron chi connectivity index (χ3n) is 1.66.